The van der Waals surface area contributed by atoms with Crippen LogP contribution in [0.25, 0.3) is 0 Å². The van der Waals surface area contributed by atoms with E-state index in [0.29, 0.717) is 17.9 Å². The molecule has 0 unspecified atom stereocenters. The molecule has 0 aliphatic rings. The highest BCUT2D eigenvalue weighted by atomic mass is 16.5. The van der Waals surface area contributed by atoms with Gasteiger partial charge in [0.05, 0.1) is 19.7 Å². The number of nitrogens with one attached hydrogen (secondary N) is 3. The topological polar surface area (TPSA) is 96.5 Å². The van der Waals surface area contributed by atoms with Gasteiger partial charge in [-0.1, -0.05) is 17.7 Å². The van der Waals surface area contributed by atoms with Gasteiger partial charge in [-0.05, 0) is 63.1 Å². The lowest BCUT2D eigenvalue weighted by molar-refractivity contribution is -0.123. The van der Waals surface area contributed by atoms with Crippen molar-refractivity contribution in [3.63, 3.8) is 0 Å². The van der Waals surface area contributed by atoms with E-state index in [2.05, 4.69) is 16.0 Å². The summed E-state index contributed by atoms with van der Waals surface area (Å²) in [6, 6.07) is 10.6. The fourth-order valence-corrected chi connectivity index (χ4v) is 2.93. The molecule has 0 saturated carbocycles. The van der Waals surface area contributed by atoms with Crippen molar-refractivity contribution in [2.45, 2.75) is 27.7 Å². The molecule has 3 N–H and O–H groups in total. The number of aryl methyl sites for hydroxylation is 3. The van der Waals surface area contributed by atoms with Crippen LogP contribution in [0.4, 0.5) is 5.69 Å². The molecule has 7 nitrogen and oxygen atoms in total. The molecular weight excluding hydrogens is 370 g/mol. The summed E-state index contributed by atoms with van der Waals surface area (Å²) < 4.78 is 5.32. The molecule has 2 rings (SSSR count). The molecule has 0 saturated heterocycles. The van der Waals surface area contributed by atoms with E-state index in [1.807, 2.05) is 39.8 Å². The predicted octanol–water partition coefficient (Wildman–Crippen LogP) is 2.50. The Labute approximate surface area is 170 Å². The largest absolute Gasteiger partial charge is 0.494 e. The number of ether oxygens (including phenoxy) is 1. The van der Waals surface area contributed by atoms with Gasteiger partial charge in [0.15, 0.2) is 0 Å². The number of carbonyl (C=O) groups excluding carboxylic acids is 3. The molecule has 0 heterocycles. The molecule has 2 aromatic rings. The third-order valence-corrected chi connectivity index (χ3v) is 4.22. The molecule has 29 heavy (non-hydrogen) atoms. The Bertz CT molecular complexity index is 868. The fraction of sp³-hybridized carbons (Fsp3) is 0.318. The van der Waals surface area contributed by atoms with Gasteiger partial charge in [-0.2, -0.15) is 0 Å². The van der Waals surface area contributed by atoms with Crippen molar-refractivity contribution in [2.24, 2.45) is 0 Å². The van der Waals surface area contributed by atoms with Crippen molar-refractivity contribution in [2.75, 3.05) is 25.0 Å². The molecule has 154 valence electrons. The zero-order valence-corrected chi connectivity index (χ0v) is 17.2. The lowest BCUT2D eigenvalue weighted by Gasteiger charge is -2.13. The van der Waals surface area contributed by atoms with Gasteiger partial charge in [-0.3, -0.25) is 14.4 Å². The summed E-state index contributed by atoms with van der Waals surface area (Å²) in [5.74, 6) is -0.478. The van der Waals surface area contributed by atoms with E-state index in [1.165, 1.54) is 0 Å². The lowest BCUT2D eigenvalue weighted by Crippen LogP contribution is -2.40. The molecule has 0 aliphatic carbocycles. The number of rotatable bonds is 8. The first kappa shape index (κ1) is 21.9. The molecule has 0 aliphatic heterocycles. The van der Waals surface area contributed by atoms with Crippen LogP contribution in [0, 0.1) is 20.8 Å². The molecule has 7 heteroatoms. The van der Waals surface area contributed by atoms with Gasteiger partial charge in [0, 0.05) is 11.3 Å². The highest BCUT2D eigenvalue weighted by molar-refractivity contribution is 5.98. The fourth-order valence-electron chi connectivity index (χ4n) is 2.93. The van der Waals surface area contributed by atoms with Gasteiger partial charge >= 0.3 is 0 Å². The Morgan fingerprint density at radius 1 is 0.862 bits per heavy atom. The van der Waals surface area contributed by atoms with Gasteiger partial charge in [-0.15, -0.1) is 0 Å². The number of amides is 3. The standard InChI is InChI=1S/C22H27N3O4/c1-5-29-18-8-6-17(7-9-18)22(28)24-12-19(26)23-13-20(27)25-21-15(3)10-14(2)11-16(21)4/h6-11H,5,12-13H2,1-4H3,(H,23,26)(H,24,28)(H,25,27). The Kier molecular flexibility index (Phi) is 7.77. The van der Waals surface area contributed by atoms with E-state index >= 15 is 0 Å². The molecule has 0 aromatic heterocycles. The summed E-state index contributed by atoms with van der Waals surface area (Å²) in [5, 5.41) is 7.84. The average molecular weight is 397 g/mol. The quantitative estimate of drug-likeness (QED) is 0.638. The third-order valence-electron chi connectivity index (χ3n) is 4.22. The van der Waals surface area contributed by atoms with Crippen LogP contribution in [0.1, 0.15) is 34.0 Å². The number of hydrogen-bond acceptors (Lipinski definition) is 4. The maximum atomic E-state index is 12.1. The second kappa shape index (κ2) is 10.3. The predicted molar refractivity (Wildman–Crippen MR) is 112 cm³/mol. The maximum absolute atomic E-state index is 12.1. The zero-order valence-electron chi connectivity index (χ0n) is 17.2. The third kappa shape index (κ3) is 6.64. The minimum absolute atomic E-state index is 0.176. The van der Waals surface area contributed by atoms with Crippen LogP contribution in [0.5, 0.6) is 5.75 Å². The van der Waals surface area contributed by atoms with Crippen LogP contribution >= 0.6 is 0 Å². The average Bonchev–Trinajstić information content (AvgIpc) is 2.68. The van der Waals surface area contributed by atoms with Crippen molar-refractivity contribution in [1.29, 1.82) is 0 Å². The number of benzene rings is 2. The molecule has 0 atom stereocenters. The van der Waals surface area contributed by atoms with Crippen molar-refractivity contribution in [1.82, 2.24) is 10.6 Å². The molecule has 2 aromatic carbocycles. The number of carbonyl (C=O) groups is 3. The normalized spacial score (nSPS) is 10.2. The highest BCUT2D eigenvalue weighted by Gasteiger charge is 2.11. The lowest BCUT2D eigenvalue weighted by atomic mass is 10.1. The molecule has 0 fully saturated rings. The highest BCUT2D eigenvalue weighted by Crippen LogP contribution is 2.21. The first-order valence-electron chi connectivity index (χ1n) is 9.45. The van der Waals surface area contributed by atoms with Gasteiger partial charge in [-0.25, -0.2) is 0 Å². The van der Waals surface area contributed by atoms with Crippen molar-refractivity contribution in [3.05, 3.63) is 58.7 Å². The van der Waals surface area contributed by atoms with E-state index in [1.54, 1.807) is 24.3 Å². The van der Waals surface area contributed by atoms with E-state index in [0.717, 1.165) is 22.4 Å². The molecule has 3 amide bonds. The summed E-state index contributed by atoms with van der Waals surface area (Å²) in [4.78, 5) is 36.1. The van der Waals surface area contributed by atoms with Crippen LogP contribution in [0.2, 0.25) is 0 Å². The van der Waals surface area contributed by atoms with Crippen molar-refractivity contribution in [3.8, 4) is 5.75 Å². The van der Waals surface area contributed by atoms with E-state index in [9.17, 15) is 14.4 Å². The SMILES string of the molecule is CCOc1ccc(C(=O)NCC(=O)NCC(=O)Nc2c(C)cc(C)cc2C)cc1. The van der Waals surface area contributed by atoms with Crippen molar-refractivity contribution >= 4 is 23.4 Å². The smallest absolute Gasteiger partial charge is 0.251 e. The number of hydrogen-bond donors (Lipinski definition) is 3. The molecule has 0 spiro atoms. The van der Waals surface area contributed by atoms with Crippen LogP contribution in [-0.2, 0) is 9.59 Å². The summed E-state index contributed by atoms with van der Waals surface area (Å²) in [6.07, 6.45) is 0. The summed E-state index contributed by atoms with van der Waals surface area (Å²) in [5.41, 5.74) is 4.21. The molecular formula is C22H27N3O4. The van der Waals surface area contributed by atoms with Crippen LogP contribution in [0.15, 0.2) is 36.4 Å². The second-order valence-corrected chi connectivity index (χ2v) is 6.74. The van der Waals surface area contributed by atoms with Gasteiger partial charge in [0.25, 0.3) is 5.91 Å². The zero-order chi connectivity index (χ0) is 21.4. The first-order chi connectivity index (χ1) is 13.8. The number of anilines is 1. The summed E-state index contributed by atoms with van der Waals surface area (Å²) in [6.45, 7) is 7.86. The Hall–Kier alpha value is -3.35. The Morgan fingerprint density at radius 3 is 2.03 bits per heavy atom. The maximum Gasteiger partial charge on any atom is 0.251 e. The monoisotopic (exact) mass is 397 g/mol. The van der Waals surface area contributed by atoms with Crippen molar-refractivity contribution < 1.29 is 19.1 Å². The van der Waals surface area contributed by atoms with Crippen LogP contribution in [0.3, 0.4) is 0 Å². The van der Waals surface area contributed by atoms with E-state index in [-0.39, 0.29) is 24.9 Å². The second-order valence-electron chi connectivity index (χ2n) is 6.74. The summed E-state index contributed by atoms with van der Waals surface area (Å²) >= 11 is 0. The van der Waals surface area contributed by atoms with E-state index in [4.69, 9.17) is 4.74 Å². The van der Waals surface area contributed by atoms with Crippen LogP contribution in [-0.4, -0.2) is 37.4 Å². The van der Waals surface area contributed by atoms with Gasteiger partial charge < -0.3 is 20.7 Å². The molecule has 0 radical (unpaired) electrons. The van der Waals surface area contributed by atoms with Crippen LogP contribution < -0.4 is 20.7 Å². The Morgan fingerprint density at radius 2 is 1.45 bits per heavy atom. The first-order valence-corrected chi connectivity index (χ1v) is 9.45. The van der Waals surface area contributed by atoms with E-state index < -0.39 is 5.91 Å². The van der Waals surface area contributed by atoms with Gasteiger partial charge in [0.2, 0.25) is 11.8 Å². The Balaban J connectivity index is 1.78. The molecule has 0 bridgehead atoms. The summed E-state index contributed by atoms with van der Waals surface area (Å²) in [7, 11) is 0. The minimum atomic E-state index is -0.447. The minimum Gasteiger partial charge on any atom is -0.494 e. The van der Waals surface area contributed by atoms with Gasteiger partial charge in [0.1, 0.15) is 5.75 Å².